The highest BCUT2D eigenvalue weighted by atomic mass is 32.2. The highest BCUT2D eigenvalue weighted by Crippen LogP contribution is 2.48. The van der Waals surface area contributed by atoms with E-state index in [-0.39, 0.29) is 10.6 Å². The van der Waals surface area contributed by atoms with Gasteiger partial charge in [-0.1, -0.05) is 12.1 Å². The molecule has 1 aliphatic carbocycles. The van der Waals surface area contributed by atoms with Crippen molar-refractivity contribution in [3.8, 4) is 16.9 Å². The lowest BCUT2D eigenvalue weighted by Crippen LogP contribution is -2.18. The minimum absolute atomic E-state index is 0.159. The number of piperidine rings is 1. The van der Waals surface area contributed by atoms with Crippen LogP contribution in [0.4, 0.5) is 8.78 Å². The van der Waals surface area contributed by atoms with Gasteiger partial charge in [-0.2, -0.15) is 0 Å². The van der Waals surface area contributed by atoms with Gasteiger partial charge >= 0.3 is 0 Å². The maximum absolute atomic E-state index is 14.4. The number of rotatable bonds is 5. The van der Waals surface area contributed by atoms with Crippen LogP contribution in [0.3, 0.4) is 0 Å². The number of hydrogen-bond acceptors (Lipinski definition) is 4. The Bertz CT molecular complexity index is 911. The Hall–Kier alpha value is -1.99. The number of ether oxygens (including phenoxy) is 1. The summed E-state index contributed by atoms with van der Waals surface area (Å²) in [6.07, 6.45) is 1.11. The summed E-state index contributed by atoms with van der Waals surface area (Å²) in [5.74, 6) is -0.354. The molecule has 0 radical (unpaired) electrons. The van der Waals surface area contributed by atoms with Crippen molar-refractivity contribution in [2.75, 3.05) is 26.0 Å². The fourth-order valence-electron chi connectivity index (χ4n) is 3.73. The maximum Gasteiger partial charge on any atom is 0.190 e. The zero-order valence-corrected chi connectivity index (χ0v) is 15.0. The lowest BCUT2D eigenvalue weighted by Gasteiger charge is -2.12. The highest BCUT2D eigenvalue weighted by molar-refractivity contribution is 7.90. The summed E-state index contributed by atoms with van der Waals surface area (Å²) in [7, 11) is -3.31. The van der Waals surface area contributed by atoms with Crippen molar-refractivity contribution in [3.63, 3.8) is 0 Å². The molecule has 1 saturated carbocycles. The zero-order valence-electron chi connectivity index (χ0n) is 14.2. The summed E-state index contributed by atoms with van der Waals surface area (Å²) in [5.41, 5.74) is 0.865. The third-order valence-corrected chi connectivity index (χ3v) is 6.43. The molecule has 3 atom stereocenters. The second-order valence-electron chi connectivity index (χ2n) is 7.03. The highest BCUT2D eigenvalue weighted by Gasteiger charge is 2.53. The number of fused-ring (bicyclic) bond motifs is 1. The van der Waals surface area contributed by atoms with E-state index in [0.717, 1.165) is 19.3 Å². The molecule has 0 spiro atoms. The maximum atomic E-state index is 14.4. The van der Waals surface area contributed by atoms with Crippen LogP contribution < -0.4 is 10.1 Å². The monoisotopic (exact) mass is 379 g/mol. The topological polar surface area (TPSA) is 55.4 Å². The van der Waals surface area contributed by atoms with Gasteiger partial charge in [0.15, 0.2) is 27.2 Å². The van der Waals surface area contributed by atoms with E-state index in [2.05, 4.69) is 5.32 Å². The van der Waals surface area contributed by atoms with E-state index < -0.39 is 21.5 Å². The van der Waals surface area contributed by atoms with Gasteiger partial charge in [0, 0.05) is 12.2 Å². The molecule has 2 aromatic carbocycles. The van der Waals surface area contributed by atoms with E-state index in [1.165, 1.54) is 36.4 Å². The van der Waals surface area contributed by atoms with Gasteiger partial charge in [0.05, 0.1) is 11.5 Å². The second-order valence-corrected chi connectivity index (χ2v) is 9.04. The average molecular weight is 379 g/mol. The molecule has 0 aromatic heterocycles. The van der Waals surface area contributed by atoms with Crippen molar-refractivity contribution in [3.05, 3.63) is 48.0 Å². The Kier molecular flexibility index (Phi) is 4.23. The van der Waals surface area contributed by atoms with Crippen molar-refractivity contribution in [1.82, 2.24) is 5.32 Å². The van der Waals surface area contributed by atoms with Crippen LogP contribution in [0.2, 0.25) is 0 Å². The van der Waals surface area contributed by atoms with E-state index in [9.17, 15) is 17.2 Å². The first kappa shape index (κ1) is 17.4. The van der Waals surface area contributed by atoms with Gasteiger partial charge in [-0.25, -0.2) is 17.2 Å². The molecule has 2 aliphatic rings. The lowest BCUT2D eigenvalue weighted by atomic mass is 10.1. The molecule has 1 heterocycles. The Morgan fingerprint density at radius 2 is 1.62 bits per heavy atom. The van der Waals surface area contributed by atoms with Crippen molar-refractivity contribution < 1.29 is 21.9 Å². The van der Waals surface area contributed by atoms with E-state index in [0.29, 0.717) is 35.5 Å². The Labute approximate surface area is 151 Å². The van der Waals surface area contributed by atoms with Crippen LogP contribution in [0.15, 0.2) is 41.3 Å². The SMILES string of the molecule is CS(=O)(=O)c1ccc(-c2cc(F)c(OCC3C4CNC[C@@H]43)c(F)c2)cc1. The van der Waals surface area contributed by atoms with Gasteiger partial charge in [0.25, 0.3) is 0 Å². The first-order chi connectivity index (χ1) is 12.3. The zero-order chi connectivity index (χ0) is 18.5. The lowest BCUT2D eigenvalue weighted by molar-refractivity contribution is 0.255. The fourth-order valence-corrected chi connectivity index (χ4v) is 4.36. The number of hydrogen-bond donors (Lipinski definition) is 1. The quantitative estimate of drug-likeness (QED) is 0.868. The molecule has 0 bridgehead atoms. The largest absolute Gasteiger partial charge is 0.487 e. The van der Waals surface area contributed by atoms with E-state index in [1.807, 2.05) is 0 Å². The molecule has 2 fully saturated rings. The third-order valence-electron chi connectivity index (χ3n) is 5.30. The standard InChI is InChI=1S/C19H19F2NO3S/c1-26(23,24)13-4-2-11(3-5-13)12-6-17(20)19(18(21)7-12)25-10-16-14-8-22-9-15(14)16/h2-7,14-16,22H,8-10H2,1H3/t14-,15?,16?/m0/s1. The van der Waals surface area contributed by atoms with Gasteiger partial charge < -0.3 is 10.1 Å². The average Bonchev–Trinajstić information content (AvgIpc) is 3.01. The Morgan fingerprint density at radius 1 is 1.04 bits per heavy atom. The predicted octanol–water partition coefficient (Wildman–Crippen LogP) is 2.88. The molecular weight excluding hydrogens is 360 g/mol. The molecule has 26 heavy (non-hydrogen) atoms. The molecule has 138 valence electrons. The van der Waals surface area contributed by atoms with Crippen molar-refractivity contribution in [2.45, 2.75) is 4.90 Å². The molecule has 7 heteroatoms. The fraction of sp³-hybridized carbons (Fsp3) is 0.368. The van der Waals surface area contributed by atoms with E-state index in [4.69, 9.17) is 4.74 Å². The van der Waals surface area contributed by atoms with E-state index >= 15 is 0 Å². The number of sulfone groups is 1. The molecule has 1 N–H and O–H groups in total. The van der Waals surface area contributed by atoms with Crippen LogP contribution in [0.25, 0.3) is 11.1 Å². The summed E-state index contributed by atoms with van der Waals surface area (Å²) >= 11 is 0. The molecule has 4 nitrogen and oxygen atoms in total. The Morgan fingerprint density at radius 3 is 2.15 bits per heavy atom. The molecule has 0 amide bonds. The van der Waals surface area contributed by atoms with Gasteiger partial charge in [-0.15, -0.1) is 0 Å². The first-order valence-electron chi connectivity index (χ1n) is 8.47. The Balaban J connectivity index is 1.51. The van der Waals surface area contributed by atoms with Crippen LogP contribution in [-0.4, -0.2) is 34.4 Å². The number of halogens is 2. The van der Waals surface area contributed by atoms with Gasteiger partial charge in [0.2, 0.25) is 0 Å². The number of benzene rings is 2. The normalized spacial score (nSPS) is 24.3. The van der Waals surface area contributed by atoms with Gasteiger partial charge in [0.1, 0.15) is 0 Å². The van der Waals surface area contributed by atoms with Crippen LogP contribution >= 0.6 is 0 Å². The summed E-state index contributed by atoms with van der Waals surface area (Å²) in [4.78, 5) is 0.159. The summed E-state index contributed by atoms with van der Waals surface area (Å²) in [5, 5.41) is 3.27. The molecule has 2 unspecified atom stereocenters. The van der Waals surface area contributed by atoms with Crippen molar-refractivity contribution >= 4 is 9.84 Å². The van der Waals surface area contributed by atoms with Crippen molar-refractivity contribution in [2.24, 2.45) is 17.8 Å². The number of nitrogens with one attached hydrogen (secondary N) is 1. The molecular formula is C19H19F2NO3S. The van der Waals surface area contributed by atoms with Crippen molar-refractivity contribution in [1.29, 1.82) is 0 Å². The molecule has 1 aliphatic heterocycles. The first-order valence-corrected chi connectivity index (χ1v) is 10.4. The van der Waals surface area contributed by atoms with Crippen LogP contribution in [-0.2, 0) is 9.84 Å². The third kappa shape index (κ3) is 3.21. The summed E-state index contributed by atoms with van der Waals surface area (Å²) in [6.45, 7) is 2.23. The minimum atomic E-state index is -3.31. The summed E-state index contributed by atoms with van der Waals surface area (Å²) in [6, 6.07) is 8.33. The van der Waals surface area contributed by atoms with Crippen LogP contribution in [0, 0.1) is 29.4 Å². The van der Waals surface area contributed by atoms with Gasteiger partial charge in [-0.3, -0.25) is 0 Å². The molecule has 4 rings (SSSR count). The van der Waals surface area contributed by atoms with Crippen LogP contribution in [0.5, 0.6) is 5.75 Å². The van der Waals surface area contributed by atoms with E-state index in [1.54, 1.807) is 0 Å². The van der Waals surface area contributed by atoms with Crippen LogP contribution in [0.1, 0.15) is 0 Å². The molecule has 1 saturated heterocycles. The predicted molar refractivity (Wildman–Crippen MR) is 93.7 cm³/mol. The molecule has 2 aromatic rings. The second kappa shape index (κ2) is 6.32. The smallest absolute Gasteiger partial charge is 0.190 e. The summed E-state index contributed by atoms with van der Waals surface area (Å²) < 4.78 is 57.1. The minimum Gasteiger partial charge on any atom is -0.487 e. The van der Waals surface area contributed by atoms with Gasteiger partial charge in [-0.05, 0) is 60.3 Å².